The van der Waals surface area contributed by atoms with Crippen LogP contribution in [0, 0.1) is 5.82 Å². The summed E-state index contributed by atoms with van der Waals surface area (Å²) in [6.07, 6.45) is 1.60. The van der Waals surface area contributed by atoms with Gasteiger partial charge in [-0.1, -0.05) is 18.2 Å². The highest BCUT2D eigenvalue weighted by molar-refractivity contribution is 8.18. The third-order valence-corrected chi connectivity index (χ3v) is 3.84. The normalized spacial score (nSPS) is 18.0. The standard InChI is InChI=1S/C16H11FN2O2S/c17-11-5-7-12(8-6-11)18-16-19-15(21)14(22-16)9-10-3-1-2-4-13(10)20/h1-9,20H,(H,18,19,21)/b14-9-. The van der Waals surface area contributed by atoms with Gasteiger partial charge in [0.05, 0.1) is 10.6 Å². The summed E-state index contributed by atoms with van der Waals surface area (Å²) in [5, 5.41) is 12.8. The lowest BCUT2D eigenvalue weighted by Crippen LogP contribution is -2.19. The summed E-state index contributed by atoms with van der Waals surface area (Å²) in [5.41, 5.74) is 1.11. The van der Waals surface area contributed by atoms with Gasteiger partial charge in [0.15, 0.2) is 5.17 Å². The minimum absolute atomic E-state index is 0.104. The van der Waals surface area contributed by atoms with Crippen LogP contribution in [0.1, 0.15) is 5.56 Å². The van der Waals surface area contributed by atoms with Crippen molar-refractivity contribution < 1.29 is 14.3 Å². The van der Waals surface area contributed by atoms with Gasteiger partial charge in [-0.2, -0.15) is 0 Å². The third kappa shape index (κ3) is 3.17. The number of hydrogen-bond acceptors (Lipinski definition) is 4. The van der Waals surface area contributed by atoms with Crippen LogP contribution in [0.5, 0.6) is 5.75 Å². The number of nitrogens with zero attached hydrogens (tertiary/aromatic N) is 1. The number of carbonyl (C=O) groups excluding carboxylic acids is 1. The Balaban J connectivity index is 1.84. The Kier molecular flexibility index (Phi) is 3.93. The van der Waals surface area contributed by atoms with Crippen LogP contribution in [-0.2, 0) is 4.79 Å². The van der Waals surface area contributed by atoms with E-state index in [1.165, 1.54) is 36.0 Å². The maximum Gasteiger partial charge on any atom is 0.264 e. The Morgan fingerprint density at radius 1 is 1.14 bits per heavy atom. The predicted octanol–water partition coefficient (Wildman–Crippen LogP) is 3.42. The molecule has 0 bridgehead atoms. The van der Waals surface area contributed by atoms with Crippen LogP contribution in [0.4, 0.5) is 10.1 Å². The molecule has 1 saturated heterocycles. The largest absolute Gasteiger partial charge is 0.507 e. The first-order valence-electron chi connectivity index (χ1n) is 6.45. The maximum atomic E-state index is 12.8. The molecule has 1 heterocycles. The Morgan fingerprint density at radius 2 is 1.86 bits per heavy atom. The van der Waals surface area contributed by atoms with Crippen LogP contribution in [0.2, 0.25) is 0 Å². The number of nitrogens with one attached hydrogen (secondary N) is 1. The lowest BCUT2D eigenvalue weighted by atomic mass is 10.2. The summed E-state index contributed by atoms with van der Waals surface area (Å²) in [6, 6.07) is 12.4. The lowest BCUT2D eigenvalue weighted by molar-refractivity contribution is -0.115. The zero-order valence-electron chi connectivity index (χ0n) is 11.3. The zero-order valence-corrected chi connectivity index (χ0v) is 12.1. The molecular weight excluding hydrogens is 303 g/mol. The minimum Gasteiger partial charge on any atom is -0.507 e. The topological polar surface area (TPSA) is 61.7 Å². The van der Waals surface area contributed by atoms with Gasteiger partial charge in [0.25, 0.3) is 5.91 Å². The van der Waals surface area contributed by atoms with Crippen LogP contribution in [0.25, 0.3) is 6.08 Å². The number of benzene rings is 2. The van der Waals surface area contributed by atoms with Crippen molar-refractivity contribution in [2.24, 2.45) is 4.99 Å². The van der Waals surface area contributed by atoms with Gasteiger partial charge in [0.2, 0.25) is 0 Å². The molecule has 0 spiro atoms. The van der Waals surface area contributed by atoms with Crippen molar-refractivity contribution in [3.05, 3.63) is 64.8 Å². The average molecular weight is 314 g/mol. The number of para-hydroxylation sites is 1. The molecule has 2 N–H and O–H groups in total. The molecule has 1 fully saturated rings. The van der Waals surface area contributed by atoms with Crippen LogP contribution >= 0.6 is 11.8 Å². The number of thioether (sulfide) groups is 1. The Bertz CT molecular complexity index is 785. The maximum absolute atomic E-state index is 12.8. The summed E-state index contributed by atoms with van der Waals surface area (Å²) in [7, 11) is 0. The fourth-order valence-corrected chi connectivity index (χ4v) is 2.70. The first-order chi connectivity index (χ1) is 10.6. The Morgan fingerprint density at radius 3 is 2.59 bits per heavy atom. The van der Waals surface area contributed by atoms with E-state index in [4.69, 9.17) is 0 Å². The highest BCUT2D eigenvalue weighted by atomic mass is 32.2. The fraction of sp³-hybridized carbons (Fsp3) is 0. The fourth-order valence-electron chi connectivity index (χ4n) is 1.86. The van der Waals surface area contributed by atoms with Gasteiger partial charge in [-0.15, -0.1) is 0 Å². The number of carbonyl (C=O) groups is 1. The van der Waals surface area contributed by atoms with Gasteiger partial charge in [0.1, 0.15) is 11.6 Å². The van der Waals surface area contributed by atoms with E-state index in [0.29, 0.717) is 21.3 Å². The second-order valence-corrected chi connectivity index (χ2v) is 5.55. The zero-order chi connectivity index (χ0) is 15.5. The monoisotopic (exact) mass is 314 g/mol. The van der Waals surface area contributed by atoms with E-state index >= 15 is 0 Å². The predicted molar refractivity (Wildman–Crippen MR) is 85.3 cm³/mol. The first kappa shape index (κ1) is 14.3. The molecule has 22 heavy (non-hydrogen) atoms. The van der Waals surface area contributed by atoms with E-state index < -0.39 is 0 Å². The van der Waals surface area contributed by atoms with Gasteiger partial charge in [-0.3, -0.25) is 4.79 Å². The summed E-state index contributed by atoms with van der Waals surface area (Å²) < 4.78 is 12.8. The molecule has 2 aromatic carbocycles. The quantitative estimate of drug-likeness (QED) is 0.835. The third-order valence-electron chi connectivity index (χ3n) is 2.93. The highest BCUT2D eigenvalue weighted by Gasteiger charge is 2.24. The van der Waals surface area contributed by atoms with E-state index in [1.54, 1.807) is 30.3 Å². The van der Waals surface area contributed by atoms with Crippen molar-refractivity contribution >= 4 is 34.6 Å². The van der Waals surface area contributed by atoms with Gasteiger partial charge in [-0.25, -0.2) is 9.38 Å². The molecule has 0 aromatic heterocycles. The molecule has 1 amide bonds. The smallest absolute Gasteiger partial charge is 0.264 e. The summed E-state index contributed by atoms with van der Waals surface area (Å²) in [5.74, 6) is -0.520. The molecule has 0 aliphatic carbocycles. The number of hydrogen-bond donors (Lipinski definition) is 2. The van der Waals surface area contributed by atoms with Crippen molar-refractivity contribution in [1.82, 2.24) is 5.32 Å². The molecule has 4 nitrogen and oxygen atoms in total. The molecule has 110 valence electrons. The number of phenols is 1. The average Bonchev–Trinajstić information content (AvgIpc) is 2.84. The molecule has 2 aromatic rings. The minimum atomic E-state index is -0.341. The number of aromatic hydroxyl groups is 1. The molecule has 0 saturated carbocycles. The molecule has 1 aliphatic rings. The van der Waals surface area contributed by atoms with E-state index in [-0.39, 0.29) is 17.5 Å². The van der Waals surface area contributed by atoms with E-state index in [9.17, 15) is 14.3 Å². The Labute approximate surface area is 130 Å². The van der Waals surface area contributed by atoms with Crippen LogP contribution < -0.4 is 5.32 Å². The van der Waals surface area contributed by atoms with Crippen molar-refractivity contribution in [3.8, 4) is 5.75 Å². The molecular formula is C16H11FN2O2S. The molecule has 0 atom stereocenters. The van der Waals surface area contributed by atoms with Crippen LogP contribution in [-0.4, -0.2) is 16.2 Å². The van der Waals surface area contributed by atoms with Crippen molar-refractivity contribution in [3.63, 3.8) is 0 Å². The number of halogens is 1. The molecule has 0 radical (unpaired) electrons. The van der Waals surface area contributed by atoms with Gasteiger partial charge >= 0.3 is 0 Å². The SMILES string of the molecule is O=C1NC(=Nc2ccc(F)cc2)S/C1=C\c1ccccc1O. The second-order valence-electron chi connectivity index (χ2n) is 4.52. The summed E-state index contributed by atoms with van der Waals surface area (Å²) in [4.78, 5) is 16.6. The van der Waals surface area contributed by atoms with E-state index in [0.717, 1.165) is 0 Å². The lowest BCUT2D eigenvalue weighted by Gasteiger charge is -1.98. The summed E-state index contributed by atoms with van der Waals surface area (Å²) in [6.45, 7) is 0. The van der Waals surface area contributed by atoms with Gasteiger partial charge in [-0.05, 0) is 48.2 Å². The molecule has 6 heteroatoms. The van der Waals surface area contributed by atoms with Crippen molar-refractivity contribution in [1.29, 1.82) is 0 Å². The van der Waals surface area contributed by atoms with E-state index in [2.05, 4.69) is 10.3 Å². The Hall–Kier alpha value is -2.60. The van der Waals surface area contributed by atoms with Crippen LogP contribution in [0.15, 0.2) is 58.4 Å². The number of aliphatic imine (C=N–C) groups is 1. The second kappa shape index (κ2) is 6.03. The van der Waals surface area contributed by atoms with Gasteiger partial charge < -0.3 is 10.4 Å². The highest BCUT2D eigenvalue weighted by Crippen LogP contribution is 2.30. The number of rotatable bonds is 2. The van der Waals surface area contributed by atoms with Crippen molar-refractivity contribution in [2.75, 3.05) is 0 Å². The molecule has 3 rings (SSSR count). The van der Waals surface area contributed by atoms with Crippen molar-refractivity contribution in [2.45, 2.75) is 0 Å². The molecule has 1 aliphatic heterocycles. The van der Waals surface area contributed by atoms with Crippen LogP contribution in [0.3, 0.4) is 0 Å². The van der Waals surface area contributed by atoms with Gasteiger partial charge in [0, 0.05) is 5.56 Å². The number of amides is 1. The molecule has 0 unspecified atom stereocenters. The first-order valence-corrected chi connectivity index (χ1v) is 7.26. The summed E-state index contributed by atoms with van der Waals surface area (Å²) >= 11 is 1.17. The number of amidine groups is 1. The number of phenolic OH excluding ortho intramolecular Hbond substituents is 1. The van der Waals surface area contributed by atoms with E-state index in [1.807, 2.05) is 0 Å².